The van der Waals surface area contributed by atoms with Crippen LogP contribution < -0.4 is 4.90 Å². The maximum atomic E-state index is 2.64. The summed E-state index contributed by atoms with van der Waals surface area (Å²) in [5.74, 6) is 0.188. The van der Waals surface area contributed by atoms with Crippen molar-refractivity contribution in [2.24, 2.45) is 0 Å². The topological polar surface area (TPSA) is 13.1 Å². The summed E-state index contributed by atoms with van der Waals surface area (Å²) in [4.78, 5) is 2.64. The van der Waals surface area contributed by atoms with Gasteiger partial charge in [0, 0.05) is 44.5 Å². The van der Waals surface area contributed by atoms with Gasteiger partial charge in [-0.3, -0.25) is 0 Å². The Labute approximate surface area is 331 Å². The molecule has 12 rings (SSSR count). The van der Waals surface area contributed by atoms with Crippen LogP contribution in [0.15, 0.2) is 212 Å². The van der Waals surface area contributed by atoms with Crippen LogP contribution in [0.1, 0.15) is 11.5 Å². The van der Waals surface area contributed by atoms with Crippen molar-refractivity contribution in [3.8, 4) is 27.9 Å². The van der Waals surface area contributed by atoms with E-state index in [1.807, 2.05) is 0 Å². The molecular weight excluding hydrogens is 691 g/mol. The number of nitrogens with zero attached hydrogens (tertiary/aromatic N) is 3. The number of hydrogen-bond donors (Lipinski definition) is 0. The SMILES string of the molecule is C1=CC2c3ccccc3N(c3cccc4c3c3ccccc3n4-c3cccc(-c4cccc(-c5ccccc5)c4)c3)C2C(n2c3ccccc3c3ccccc32)=C1. The fraction of sp³-hybridized carbons (Fsp3) is 0.0370. The van der Waals surface area contributed by atoms with Crippen molar-refractivity contribution >= 4 is 60.7 Å². The second-order valence-corrected chi connectivity index (χ2v) is 15.3. The lowest BCUT2D eigenvalue weighted by molar-refractivity contribution is 0.736. The van der Waals surface area contributed by atoms with Gasteiger partial charge in [0.05, 0.1) is 33.8 Å². The fourth-order valence-electron chi connectivity index (χ4n) is 9.87. The van der Waals surface area contributed by atoms with Gasteiger partial charge in [-0.1, -0.05) is 152 Å². The van der Waals surface area contributed by atoms with Crippen molar-refractivity contribution in [1.82, 2.24) is 9.13 Å². The molecule has 2 unspecified atom stereocenters. The third kappa shape index (κ3) is 4.79. The molecular formula is C54H37N3. The van der Waals surface area contributed by atoms with E-state index in [0.29, 0.717) is 0 Å². The quantitative estimate of drug-likeness (QED) is 0.172. The third-order valence-corrected chi connectivity index (χ3v) is 12.2. The van der Waals surface area contributed by atoms with E-state index in [2.05, 4.69) is 226 Å². The van der Waals surface area contributed by atoms with Gasteiger partial charge >= 0.3 is 0 Å². The van der Waals surface area contributed by atoms with E-state index in [9.17, 15) is 0 Å². The normalized spacial score (nSPS) is 16.1. The van der Waals surface area contributed by atoms with Crippen molar-refractivity contribution in [3.63, 3.8) is 0 Å². The van der Waals surface area contributed by atoms with Crippen LogP contribution in [-0.4, -0.2) is 15.2 Å². The smallest absolute Gasteiger partial charge is 0.0850 e. The molecule has 0 amide bonds. The van der Waals surface area contributed by atoms with Crippen molar-refractivity contribution in [2.45, 2.75) is 12.0 Å². The average Bonchev–Trinajstić information content (AvgIpc) is 3.93. The molecule has 0 saturated heterocycles. The van der Waals surface area contributed by atoms with Crippen molar-refractivity contribution in [3.05, 3.63) is 218 Å². The van der Waals surface area contributed by atoms with Crippen LogP contribution in [0.25, 0.3) is 77.2 Å². The largest absolute Gasteiger partial charge is 0.331 e. The van der Waals surface area contributed by atoms with E-state index in [1.165, 1.54) is 88.5 Å². The van der Waals surface area contributed by atoms with Gasteiger partial charge < -0.3 is 14.0 Å². The van der Waals surface area contributed by atoms with E-state index in [4.69, 9.17) is 0 Å². The third-order valence-electron chi connectivity index (χ3n) is 12.2. The summed E-state index contributed by atoms with van der Waals surface area (Å²) in [7, 11) is 0. The zero-order valence-electron chi connectivity index (χ0n) is 31.2. The van der Waals surface area contributed by atoms with Gasteiger partial charge in [0.2, 0.25) is 0 Å². The minimum atomic E-state index is 0.0412. The summed E-state index contributed by atoms with van der Waals surface area (Å²) in [5, 5.41) is 5.06. The first-order chi connectivity index (χ1) is 28.3. The van der Waals surface area contributed by atoms with Crippen molar-refractivity contribution in [2.75, 3.05) is 4.90 Å². The minimum absolute atomic E-state index is 0.0412. The zero-order valence-corrected chi connectivity index (χ0v) is 31.2. The second kappa shape index (κ2) is 12.6. The van der Waals surface area contributed by atoms with Crippen molar-refractivity contribution in [1.29, 1.82) is 0 Å². The first-order valence-corrected chi connectivity index (χ1v) is 19.9. The summed E-state index contributed by atoms with van der Waals surface area (Å²) in [6.45, 7) is 0. The Morgan fingerprint density at radius 2 is 0.930 bits per heavy atom. The molecule has 3 heteroatoms. The molecule has 8 aromatic carbocycles. The lowest BCUT2D eigenvalue weighted by atomic mass is 9.89. The lowest BCUT2D eigenvalue weighted by Gasteiger charge is -2.34. The van der Waals surface area contributed by atoms with E-state index in [1.54, 1.807) is 0 Å². The number of fused-ring (bicyclic) bond motifs is 9. The highest BCUT2D eigenvalue weighted by atomic mass is 15.2. The predicted octanol–water partition coefficient (Wildman–Crippen LogP) is 13.9. The van der Waals surface area contributed by atoms with E-state index in [-0.39, 0.29) is 12.0 Å². The summed E-state index contributed by atoms with van der Waals surface area (Å²) in [5.41, 5.74) is 16.0. The Morgan fingerprint density at radius 1 is 0.386 bits per heavy atom. The number of anilines is 2. The Bertz CT molecular complexity index is 3210. The van der Waals surface area contributed by atoms with Gasteiger partial charge in [0.15, 0.2) is 0 Å². The highest BCUT2D eigenvalue weighted by Gasteiger charge is 2.43. The number of allylic oxidation sites excluding steroid dienone is 2. The molecule has 2 aliphatic rings. The summed E-state index contributed by atoms with van der Waals surface area (Å²) < 4.78 is 4.98. The van der Waals surface area contributed by atoms with Gasteiger partial charge in [-0.15, -0.1) is 0 Å². The molecule has 0 saturated carbocycles. The number of para-hydroxylation sites is 4. The van der Waals surface area contributed by atoms with Crippen LogP contribution in [0, 0.1) is 0 Å². The molecule has 1 aliphatic carbocycles. The number of aromatic nitrogens is 2. The zero-order chi connectivity index (χ0) is 37.5. The number of benzene rings is 8. The van der Waals surface area contributed by atoms with Crippen LogP contribution in [-0.2, 0) is 0 Å². The van der Waals surface area contributed by atoms with Crippen LogP contribution >= 0.6 is 0 Å². The fourth-order valence-corrected chi connectivity index (χ4v) is 9.87. The summed E-state index contributed by atoms with van der Waals surface area (Å²) in [6, 6.07) is 71.1. The van der Waals surface area contributed by atoms with Gasteiger partial charge in [-0.2, -0.15) is 0 Å². The number of hydrogen-bond acceptors (Lipinski definition) is 1. The standard InChI is InChI=1S/C54H37N3/c1-2-16-36(17-3-1)37-18-12-19-38(34-37)39-20-13-21-40(35-39)55-49-30-11-7-25-45(49)53-50(55)31-15-32-51(53)57-48-29-10-6-24-43(48)44-26-14-33-52(54(44)57)56-46-27-8-4-22-41(46)42-23-5-9-28-47(42)56/h1-35,44,54H. The molecule has 0 fully saturated rings. The molecule has 0 bridgehead atoms. The maximum Gasteiger partial charge on any atom is 0.0850 e. The van der Waals surface area contributed by atoms with Crippen LogP contribution in [0.5, 0.6) is 0 Å². The minimum Gasteiger partial charge on any atom is -0.331 e. The molecule has 0 radical (unpaired) electrons. The van der Waals surface area contributed by atoms with Crippen molar-refractivity contribution < 1.29 is 0 Å². The lowest BCUT2D eigenvalue weighted by Crippen LogP contribution is -2.34. The molecule has 3 heterocycles. The predicted molar refractivity (Wildman–Crippen MR) is 240 cm³/mol. The first-order valence-electron chi connectivity index (χ1n) is 19.9. The Balaban J connectivity index is 1.06. The van der Waals surface area contributed by atoms with Gasteiger partial charge in [-0.25, -0.2) is 0 Å². The molecule has 2 atom stereocenters. The highest BCUT2D eigenvalue weighted by Crippen LogP contribution is 2.54. The highest BCUT2D eigenvalue weighted by molar-refractivity contribution is 6.17. The molecule has 3 nitrogen and oxygen atoms in total. The van der Waals surface area contributed by atoms with E-state index < -0.39 is 0 Å². The second-order valence-electron chi connectivity index (χ2n) is 15.3. The maximum absolute atomic E-state index is 2.64. The average molecular weight is 728 g/mol. The van der Waals surface area contributed by atoms with E-state index in [0.717, 1.165) is 5.69 Å². The monoisotopic (exact) mass is 727 g/mol. The summed E-state index contributed by atoms with van der Waals surface area (Å²) >= 11 is 0. The van der Waals surface area contributed by atoms with Gasteiger partial charge in [-0.05, 0) is 88.5 Å². The molecule has 10 aromatic rings. The molecule has 57 heavy (non-hydrogen) atoms. The van der Waals surface area contributed by atoms with Gasteiger partial charge in [0.25, 0.3) is 0 Å². The van der Waals surface area contributed by atoms with E-state index >= 15 is 0 Å². The number of rotatable bonds is 5. The molecule has 268 valence electrons. The molecule has 0 N–H and O–H groups in total. The van der Waals surface area contributed by atoms with Gasteiger partial charge in [0.1, 0.15) is 0 Å². The molecule has 1 aliphatic heterocycles. The first kappa shape index (κ1) is 31.9. The van der Waals surface area contributed by atoms with Crippen LogP contribution in [0.3, 0.4) is 0 Å². The van der Waals surface area contributed by atoms with Crippen LogP contribution in [0.2, 0.25) is 0 Å². The van der Waals surface area contributed by atoms with Crippen LogP contribution in [0.4, 0.5) is 11.4 Å². The Kier molecular flexibility index (Phi) is 7.05. The Morgan fingerprint density at radius 3 is 1.70 bits per heavy atom. The Hall–Kier alpha value is -7.36. The molecule has 0 spiro atoms. The summed E-state index contributed by atoms with van der Waals surface area (Å²) in [6.07, 6.45) is 7.03. The molecule has 2 aromatic heterocycles.